The zero-order chi connectivity index (χ0) is 9.97. The minimum absolute atomic E-state index is 0.159. The van der Waals surface area contributed by atoms with E-state index in [4.69, 9.17) is 5.11 Å². The summed E-state index contributed by atoms with van der Waals surface area (Å²) in [4.78, 5) is 15.4. The van der Waals surface area contributed by atoms with E-state index in [1.165, 1.54) is 0 Å². The summed E-state index contributed by atoms with van der Waals surface area (Å²) in [7, 11) is 0. The molecule has 0 spiro atoms. The lowest BCUT2D eigenvalue weighted by Crippen LogP contribution is -2.24. The summed E-state index contributed by atoms with van der Waals surface area (Å²) in [5.74, 6) is 0.649. The highest BCUT2D eigenvalue weighted by Crippen LogP contribution is 2.17. The molecule has 6 heteroatoms. The van der Waals surface area contributed by atoms with Gasteiger partial charge in [0.15, 0.2) is 0 Å². The van der Waals surface area contributed by atoms with E-state index in [0.29, 0.717) is 12.2 Å². The summed E-state index contributed by atoms with van der Waals surface area (Å²) < 4.78 is 1.85. The van der Waals surface area contributed by atoms with Gasteiger partial charge in [-0.1, -0.05) is 0 Å². The molecular weight excluding hydrogens is 202 g/mol. The third kappa shape index (κ3) is 1.38. The number of carbonyl (C=O) groups excluding carboxylic acids is 1. The van der Waals surface area contributed by atoms with Crippen LogP contribution in [0.3, 0.4) is 0 Å². The summed E-state index contributed by atoms with van der Waals surface area (Å²) in [5.41, 5.74) is 0. The van der Waals surface area contributed by atoms with Gasteiger partial charge >= 0.3 is 0 Å². The summed E-state index contributed by atoms with van der Waals surface area (Å²) in [5, 5.41) is 13.5. The molecule has 1 atom stereocenters. The predicted octanol–water partition coefficient (Wildman–Crippen LogP) is 0.175. The molecule has 5 nitrogen and oxygen atoms in total. The van der Waals surface area contributed by atoms with Crippen LogP contribution in [0.2, 0.25) is 0 Å². The zero-order valence-electron chi connectivity index (χ0n) is 7.25. The van der Waals surface area contributed by atoms with E-state index in [-0.39, 0.29) is 6.61 Å². The number of carbonyl (C=O) groups is 1. The molecule has 0 aliphatic rings. The Bertz CT molecular complexity index is 436. The fourth-order valence-corrected chi connectivity index (χ4v) is 2.01. The molecule has 0 aliphatic heterocycles. The number of hydrogen-bond donors (Lipinski definition) is 2. The molecule has 2 aromatic heterocycles. The van der Waals surface area contributed by atoms with Crippen LogP contribution in [0.1, 0.15) is 11.9 Å². The predicted molar refractivity (Wildman–Crippen MR) is 52.1 cm³/mol. The minimum atomic E-state index is -0.440. The Kier molecular flexibility index (Phi) is 2.47. The van der Waals surface area contributed by atoms with Crippen molar-refractivity contribution in [3.63, 3.8) is 0 Å². The molecule has 2 N–H and O–H groups in total. The number of thiazole rings is 1. The molecule has 2 heterocycles. The highest BCUT2D eigenvalue weighted by Gasteiger charge is 2.15. The number of nitrogens with one attached hydrogen (secondary N) is 1. The highest BCUT2D eigenvalue weighted by atomic mass is 32.1. The first-order valence-electron chi connectivity index (χ1n) is 4.08. The quantitative estimate of drug-likeness (QED) is 0.709. The van der Waals surface area contributed by atoms with Crippen molar-refractivity contribution in [2.45, 2.75) is 6.04 Å². The SMILES string of the molecule is O=CN[C@H](CO)c1ncc2sccn12. The van der Waals surface area contributed by atoms with Crippen molar-refractivity contribution in [1.82, 2.24) is 14.7 Å². The number of aromatic nitrogens is 2. The van der Waals surface area contributed by atoms with Gasteiger partial charge in [-0.3, -0.25) is 9.20 Å². The van der Waals surface area contributed by atoms with E-state index in [2.05, 4.69) is 10.3 Å². The number of amides is 1. The van der Waals surface area contributed by atoms with Crippen LogP contribution in [0.15, 0.2) is 17.8 Å². The first-order valence-corrected chi connectivity index (χ1v) is 4.95. The Morgan fingerprint density at radius 3 is 3.36 bits per heavy atom. The van der Waals surface area contributed by atoms with Gasteiger partial charge in [-0.05, 0) is 0 Å². The maximum Gasteiger partial charge on any atom is 0.207 e. The molecule has 0 saturated carbocycles. The van der Waals surface area contributed by atoms with Crippen LogP contribution in [0.5, 0.6) is 0 Å². The van der Waals surface area contributed by atoms with Crippen molar-refractivity contribution in [1.29, 1.82) is 0 Å². The Morgan fingerprint density at radius 1 is 1.79 bits per heavy atom. The standard InChI is InChI=1S/C8H9N3O2S/c12-4-6(10-5-13)8-9-3-7-11(8)1-2-14-7/h1-3,5-6,12H,4H2,(H,10,13)/t6-/m1/s1. The molecule has 0 aliphatic carbocycles. The largest absolute Gasteiger partial charge is 0.394 e. The van der Waals surface area contributed by atoms with Crippen LogP contribution in [-0.4, -0.2) is 27.5 Å². The number of aliphatic hydroxyl groups excluding tert-OH is 1. The molecule has 14 heavy (non-hydrogen) atoms. The Balaban J connectivity index is 2.40. The topological polar surface area (TPSA) is 66.6 Å². The molecule has 0 bridgehead atoms. The first-order chi connectivity index (χ1) is 6.86. The lowest BCUT2D eigenvalue weighted by molar-refractivity contribution is -0.110. The Labute approximate surface area is 84.0 Å². The van der Waals surface area contributed by atoms with Gasteiger partial charge in [0.25, 0.3) is 0 Å². The average molecular weight is 211 g/mol. The number of fused-ring (bicyclic) bond motifs is 1. The fraction of sp³-hybridized carbons (Fsp3) is 0.250. The number of nitrogens with zero attached hydrogens (tertiary/aromatic N) is 2. The van der Waals surface area contributed by atoms with Gasteiger partial charge in [0.05, 0.1) is 12.8 Å². The average Bonchev–Trinajstić information content (AvgIpc) is 2.75. The van der Waals surface area contributed by atoms with Crippen molar-refractivity contribution in [3.05, 3.63) is 23.6 Å². The maximum atomic E-state index is 10.3. The lowest BCUT2D eigenvalue weighted by atomic mass is 10.3. The Hall–Kier alpha value is -1.40. The van der Waals surface area contributed by atoms with Crippen molar-refractivity contribution in [2.75, 3.05) is 6.61 Å². The van der Waals surface area contributed by atoms with Crippen LogP contribution >= 0.6 is 11.3 Å². The first kappa shape index (κ1) is 9.17. The highest BCUT2D eigenvalue weighted by molar-refractivity contribution is 7.15. The Morgan fingerprint density at radius 2 is 2.64 bits per heavy atom. The van der Waals surface area contributed by atoms with Crippen LogP contribution in [0, 0.1) is 0 Å². The molecule has 0 radical (unpaired) electrons. The van der Waals surface area contributed by atoms with Gasteiger partial charge in [-0.25, -0.2) is 4.98 Å². The summed E-state index contributed by atoms with van der Waals surface area (Å²) in [6, 6.07) is -0.440. The summed E-state index contributed by atoms with van der Waals surface area (Å²) in [6.07, 6.45) is 4.14. The molecule has 0 saturated heterocycles. The van der Waals surface area contributed by atoms with E-state index in [1.54, 1.807) is 17.5 Å². The second kappa shape index (κ2) is 3.77. The van der Waals surface area contributed by atoms with Crippen LogP contribution in [-0.2, 0) is 4.79 Å². The molecule has 0 fully saturated rings. The second-order valence-electron chi connectivity index (χ2n) is 2.75. The van der Waals surface area contributed by atoms with Gasteiger partial charge in [0.1, 0.15) is 16.7 Å². The number of imidazole rings is 1. The second-order valence-corrected chi connectivity index (χ2v) is 3.67. The van der Waals surface area contributed by atoms with Crippen LogP contribution < -0.4 is 5.32 Å². The van der Waals surface area contributed by atoms with Crippen molar-refractivity contribution in [3.8, 4) is 0 Å². The smallest absolute Gasteiger partial charge is 0.207 e. The van der Waals surface area contributed by atoms with E-state index in [0.717, 1.165) is 4.83 Å². The van der Waals surface area contributed by atoms with Gasteiger partial charge in [-0.2, -0.15) is 0 Å². The van der Waals surface area contributed by atoms with E-state index >= 15 is 0 Å². The molecule has 0 unspecified atom stereocenters. The van der Waals surface area contributed by atoms with Gasteiger partial charge in [0, 0.05) is 11.6 Å². The maximum absolute atomic E-state index is 10.3. The fourth-order valence-electron chi connectivity index (χ4n) is 1.31. The molecular formula is C8H9N3O2S. The van der Waals surface area contributed by atoms with Crippen LogP contribution in [0.4, 0.5) is 0 Å². The van der Waals surface area contributed by atoms with Crippen LogP contribution in [0.25, 0.3) is 4.83 Å². The molecule has 2 aromatic rings. The molecule has 0 aromatic carbocycles. The van der Waals surface area contributed by atoms with E-state index in [1.807, 2.05) is 16.0 Å². The molecule has 74 valence electrons. The lowest BCUT2D eigenvalue weighted by Gasteiger charge is -2.10. The van der Waals surface area contributed by atoms with Crippen molar-refractivity contribution in [2.24, 2.45) is 0 Å². The number of rotatable bonds is 4. The minimum Gasteiger partial charge on any atom is -0.394 e. The van der Waals surface area contributed by atoms with Gasteiger partial charge in [0.2, 0.25) is 6.41 Å². The number of aliphatic hydroxyl groups is 1. The van der Waals surface area contributed by atoms with Gasteiger partial charge in [-0.15, -0.1) is 11.3 Å². The van der Waals surface area contributed by atoms with Gasteiger partial charge < -0.3 is 10.4 Å². The normalized spacial score (nSPS) is 12.9. The van der Waals surface area contributed by atoms with E-state index < -0.39 is 6.04 Å². The monoisotopic (exact) mass is 211 g/mol. The molecule has 2 rings (SSSR count). The number of hydrogen-bond acceptors (Lipinski definition) is 4. The zero-order valence-corrected chi connectivity index (χ0v) is 8.07. The summed E-state index contributed by atoms with van der Waals surface area (Å²) >= 11 is 1.56. The molecule has 1 amide bonds. The van der Waals surface area contributed by atoms with E-state index in [9.17, 15) is 4.79 Å². The summed E-state index contributed by atoms with van der Waals surface area (Å²) in [6.45, 7) is -0.159. The van der Waals surface area contributed by atoms with Crippen molar-refractivity contribution < 1.29 is 9.90 Å². The van der Waals surface area contributed by atoms with Crippen molar-refractivity contribution >= 4 is 22.6 Å². The third-order valence-corrected chi connectivity index (χ3v) is 2.76. The third-order valence-electron chi connectivity index (χ3n) is 1.95.